The van der Waals surface area contributed by atoms with E-state index >= 15 is 0 Å². The van der Waals surface area contributed by atoms with Gasteiger partial charge in [0.25, 0.3) is 5.71 Å². The van der Waals surface area contributed by atoms with E-state index in [1.807, 2.05) is 38.1 Å². The number of carbonyl (C=O) groups is 1. The van der Waals surface area contributed by atoms with Crippen LogP contribution in [0.5, 0.6) is 0 Å². The van der Waals surface area contributed by atoms with Crippen molar-refractivity contribution in [3.05, 3.63) is 46.4 Å². The molecule has 4 rings (SSSR count). The summed E-state index contributed by atoms with van der Waals surface area (Å²) in [6.07, 6.45) is 2.52. The van der Waals surface area contributed by atoms with E-state index in [9.17, 15) is 4.79 Å². The van der Waals surface area contributed by atoms with Gasteiger partial charge >= 0.3 is 0 Å². The highest BCUT2D eigenvalue weighted by Gasteiger charge is 2.29. The van der Waals surface area contributed by atoms with Gasteiger partial charge in [0.2, 0.25) is 5.91 Å². The number of rotatable bonds is 5. The molecular formula is C21H24ClN5O2. The first-order valence-electron chi connectivity index (χ1n) is 9.95. The lowest BCUT2D eigenvalue weighted by Gasteiger charge is -2.33. The van der Waals surface area contributed by atoms with Crippen LogP contribution in [0.3, 0.4) is 0 Å². The Bertz CT molecular complexity index is 1040. The van der Waals surface area contributed by atoms with Crippen molar-refractivity contribution in [1.82, 2.24) is 20.4 Å². The summed E-state index contributed by atoms with van der Waals surface area (Å²) in [5, 5.41) is 8.72. The van der Waals surface area contributed by atoms with Gasteiger partial charge in [-0.2, -0.15) is 4.98 Å². The Kier molecular flexibility index (Phi) is 5.67. The number of aromatic nitrogens is 3. The molecule has 0 unspecified atom stereocenters. The van der Waals surface area contributed by atoms with Crippen molar-refractivity contribution in [1.29, 1.82) is 0 Å². The van der Waals surface area contributed by atoms with E-state index < -0.39 is 0 Å². The third kappa shape index (κ3) is 4.19. The minimum atomic E-state index is -0.0989. The number of aryl methyl sites for hydroxylation is 2. The van der Waals surface area contributed by atoms with Crippen molar-refractivity contribution < 1.29 is 9.32 Å². The Balaban J connectivity index is 1.50. The minimum Gasteiger partial charge on any atom is -0.355 e. The zero-order valence-electron chi connectivity index (χ0n) is 16.6. The fourth-order valence-electron chi connectivity index (χ4n) is 3.83. The number of nitrogens with one attached hydrogen (secondary N) is 1. The normalized spacial score (nSPS) is 16.9. The highest BCUT2D eigenvalue weighted by molar-refractivity contribution is 6.30. The first-order valence-corrected chi connectivity index (χ1v) is 10.3. The van der Waals surface area contributed by atoms with Gasteiger partial charge in [-0.1, -0.05) is 35.8 Å². The molecule has 0 saturated carbocycles. The summed E-state index contributed by atoms with van der Waals surface area (Å²) in [7, 11) is 0. The number of halogens is 1. The second kappa shape index (κ2) is 8.37. The van der Waals surface area contributed by atoms with Crippen molar-refractivity contribution in [2.24, 2.45) is 5.92 Å². The van der Waals surface area contributed by atoms with Crippen molar-refractivity contribution >= 4 is 34.4 Å². The molecule has 1 amide bonds. The van der Waals surface area contributed by atoms with Crippen LogP contribution in [0.2, 0.25) is 5.02 Å². The van der Waals surface area contributed by atoms with Crippen molar-refractivity contribution in [2.75, 3.05) is 18.0 Å². The van der Waals surface area contributed by atoms with E-state index in [1.54, 1.807) is 0 Å². The smallest absolute Gasteiger partial charge is 0.263 e. The number of hydrogen-bond donors (Lipinski definition) is 1. The van der Waals surface area contributed by atoms with E-state index in [2.05, 4.69) is 25.3 Å². The summed E-state index contributed by atoms with van der Waals surface area (Å²) in [5.41, 5.74) is 2.35. The molecule has 1 aromatic carbocycles. The van der Waals surface area contributed by atoms with Crippen LogP contribution in [0.25, 0.3) is 11.1 Å². The van der Waals surface area contributed by atoms with Gasteiger partial charge in [0.1, 0.15) is 17.0 Å². The molecule has 3 aromatic rings. The highest BCUT2D eigenvalue weighted by Crippen LogP contribution is 2.31. The van der Waals surface area contributed by atoms with Crippen LogP contribution in [0.4, 0.5) is 5.82 Å². The summed E-state index contributed by atoms with van der Waals surface area (Å²) in [4.78, 5) is 24.0. The maximum absolute atomic E-state index is 12.8. The molecule has 1 fully saturated rings. The number of hydrogen-bond acceptors (Lipinski definition) is 6. The van der Waals surface area contributed by atoms with E-state index in [1.165, 1.54) is 0 Å². The van der Waals surface area contributed by atoms with E-state index in [-0.39, 0.29) is 11.8 Å². The summed E-state index contributed by atoms with van der Waals surface area (Å²) in [5.74, 6) is 1.41. The Morgan fingerprint density at radius 1 is 1.38 bits per heavy atom. The lowest BCUT2D eigenvalue weighted by molar-refractivity contribution is -0.125. The summed E-state index contributed by atoms with van der Waals surface area (Å²) in [6, 6.07) is 7.54. The van der Waals surface area contributed by atoms with Crippen LogP contribution in [0.1, 0.15) is 36.8 Å². The van der Waals surface area contributed by atoms with Crippen LogP contribution < -0.4 is 10.2 Å². The number of benzene rings is 1. The Hall–Kier alpha value is -2.67. The third-order valence-corrected chi connectivity index (χ3v) is 5.52. The van der Waals surface area contributed by atoms with Gasteiger partial charge in [0.05, 0.1) is 11.6 Å². The molecule has 1 saturated heterocycles. The molecule has 0 bridgehead atoms. The van der Waals surface area contributed by atoms with Crippen LogP contribution in [-0.2, 0) is 17.8 Å². The van der Waals surface area contributed by atoms with Crippen molar-refractivity contribution in [3.8, 4) is 0 Å². The quantitative estimate of drug-likeness (QED) is 0.686. The lowest BCUT2D eigenvalue weighted by atomic mass is 9.96. The predicted molar refractivity (Wildman–Crippen MR) is 112 cm³/mol. The Morgan fingerprint density at radius 3 is 3.03 bits per heavy atom. The zero-order valence-corrected chi connectivity index (χ0v) is 17.4. The maximum atomic E-state index is 12.8. The monoisotopic (exact) mass is 413 g/mol. The standard InChI is InChI=1S/C21H24ClN5O2/c1-3-17-18-19(24-13(2)25-21(18)29-26-17)27-9-5-7-15(12-27)20(28)23-11-14-6-4-8-16(22)10-14/h4,6,8,10,15H,3,5,7,9,11-12H2,1-2H3,(H,23,28)/t15-/m1/s1. The van der Waals surface area contributed by atoms with Gasteiger partial charge in [-0.05, 0) is 43.9 Å². The van der Waals surface area contributed by atoms with Gasteiger partial charge in [-0.25, -0.2) is 4.98 Å². The molecule has 0 spiro atoms. The molecule has 0 radical (unpaired) electrons. The van der Waals surface area contributed by atoms with Gasteiger partial charge in [0.15, 0.2) is 0 Å². The summed E-state index contributed by atoms with van der Waals surface area (Å²) < 4.78 is 5.41. The second-order valence-corrected chi connectivity index (χ2v) is 7.83. The summed E-state index contributed by atoms with van der Waals surface area (Å²) >= 11 is 6.03. The number of fused-ring (bicyclic) bond motifs is 1. The maximum Gasteiger partial charge on any atom is 0.263 e. The molecule has 1 aliphatic rings. The average Bonchev–Trinajstić information content (AvgIpc) is 3.14. The molecule has 3 heterocycles. The molecule has 8 heteroatoms. The van der Waals surface area contributed by atoms with Gasteiger partial charge < -0.3 is 14.7 Å². The van der Waals surface area contributed by atoms with Gasteiger partial charge in [-0.15, -0.1) is 0 Å². The number of piperidine rings is 1. The minimum absolute atomic E-state index is 0.0535. The van der Waals surface area contributed by atoms with E-state index in [0.29, 0.717) is 29.7 Å². The molecule has 1 aliphatic heterocycles. The molecule has 7 nitrogen and oxygen atoms in total. The second-order valence-electron chi connectivity index (χ2n) is 7.39. The van der Waals surface area contributed by atoms with Crippen LogP contribution in [0, 0.1) is 12.8 Å². The molecular weight excluding hydrogens is 390 g/mol. The van der Waals surface area contributed by atoms with Gasteiger partial charge in [-0.3, -0.25) is 4.79 Å². The van der Waals surface area contributed by atoms with Crippen LogP contribution >= 0.6 is 11.6 Å². The molecule has 29 heavy (non-hydrogen) atoms. The summed E-state index contributed by atoms with van der Waals surface area (Å²) in [6.45, 7) is 5.80. The predicted octanol–water partition coefficient (Wildman–Crippen LogP) is 3.67. The van der Waals surface area contributed by atoms with Gasteiger partial charge in [0, 0.05) is 24.7 Å². The molecule has 1 N–H and O–H groups in total. The van der Waals surface area contributed by atoms with E-state index in [4.69, 9.17) is 16.1 Å². The Morgan fingerprint density at radius 2 is 2.24 bits per heavy atom. The van der Waals surface area contributed by atoms with Crippen LogP contribution in [-0.4, -0.2) is 34.1 Å². The number of anilines is 1. The average molecular weight is 414 g/mol. The van der Waals surface area contributed by atoms with Crippen molar-refractivity contribution in [2.45, 2.75) is 39.7 Å². The van der Waals surface area contributed by atoms with Crippen LogP contribution in [0.15, 0.2) is 28.8 Å². The number of carbonyl (C=O) groups excluding carboxylic acids is 1. The lowest BCUT2D eigenvalue weighted by Crippen LogP contribution is -2.43. The molecule has 2 aromatic heterocycles. The Labute approximate surface area is 174 Å². The van der Waals surface area contributed by atoms with E-state index in [0.717, 1.165) is 48.3 Å². The SMILES string of the molecule is CCc1noc2nc(C)nc(N3CCC[C@@H](C(=O)NCc4cccc(Cl)c4)C3)c12. The first-order chi connectivity index (χ1) is 14.0. The fourth-order valence-corrected chi connectivity index (χ4v) is 4.04. The van der Waals surface area contributed by atoms with Crippen molar-refractivity contribution in [3.63, 3.8) is 0 Å². The highest BCUT2D eigenvalue weighted by atomic mass is 35.5. The zero-order chi connectivity index (χ0) is 20.4. The molecule has 1 atom stereocenters. The largest absolute Gasteiger partial charge is 0.355 e. The third-order valence-electron chi connectivity index (χ3n) is 5.28. The fraction of sp³-hybridized carbons (Fsp3) is 0.429. The number of nitrogens with zero attached hydrogens (tertiary/aromatic N) is 4. The number of amides is 1. The topological polar surface area (TPSA) is 84.2 Å². The molecule has 152 valence electrons. The first kappa shape index (κ1) is 19.6. The molecule has 0 aliphatic carbocycles.